The standard InChI is InChI=1S/C11H21NOS/c1-6-11(7-2)9(13)12-10(5,14-11)8(3)4/h8H,6-7H2,1-5H3,(H,12,13). The smallest absolute Gasteiger partial charge is 0.237 e. The summed E-state index contributed by atoms with van der Waals surface area (Å²) < 4.78 is -0.182. The Kier molecular flexibility index (Phi) is 3.20. The molecule has 0 radical (unpaired) electrons. The van der Waals surface area contributed by atoms with Crippen LogP contribution in [0.2, 0.25) is 0 Å². The van der Waals surface area contributed by atoms with Crippen LogP contribution >= 0.6 is 11.8 Å². The molecule has 1 heterocycles. The summed E-state index contributed by atoms with van der Waals surface area (Å²) in [5.74, 6) is 0.695. The van der Waals surface area contributed by atoms with E-state index in [9.17, 15) is 4.79 Å². The molecule has 0 aliphatic carbocycles. The molecule has 1 N–H and O–H groups in total. The van der Waals surface area contributed by atoms with Gasteiger partial charge in [0.1, 0.15) is 0 Å². The van der Waals surface area contributed by atoms with Crippen molar-refractivity contribution < 1.29 is 4.79 Å². The Hall–Kier alpha value is -0.180. The van der Waals surface area contributed by atoms with Gasteiger partial charge in [0.2, 0.25) is 5.91 Å². The number of hydrogen-bond donors (Lipinski definition) is 1. The second-order valence-electron chi connectivity index (χ2n) is 4.52. The van der Waals surface area contributed by atoms with Crippen LogP contribution in [0.3, 0.4) is 0 Å². The molecule has 1 fully saturated rings. The first-order valence-electron chi connectivity index (χ1n) is 5.43. The van der Waals surface area contributed by atoms with Crippen LogP contribution in [0.15, 0.2) is 0 Å². The average Bonchev–Trinajstić information content (AvgIpc) is 2.40. The van der Waals surface area contributed by atoms with Gasteiger partial charge in [0.25, 0.3) is 0 Å². The first-order chi connectivity index (χ1) is 6.40. The zero-order valence-electron chi connectivity index (χ0n) is 9.81. The van der Waals surface area contributed by atoms with Gasteiger partial charge in [-0.3, -0.25) is 4.79 Å². The van der Waals surface area contributed by atoms with Gasteiger partial charge in [-0.15, -0.1) is 11.8 Å². The number of carbonyl (C=O) groups excluding carboxylic acids is 1. The normalized spacial score (nSPS) is 30.9. The number of carbonyl (C=O) groups is 1. The monoisotopic (exact) mass is 215 g/mol. The highest BCUT2D eigenvalue weighted by molar-refractivity contribution is 8.03. The topological polar surface area (TPSA) is 29.1 Å². The summed E-state index contributed by atoms with van der Waals surface area (Å²) in [5, 5.41) is 3.15. The third kappa shape index (κ3) is 1.67. The number of rotatable bonds is 3. The predicted molar refractivity (Wildman–Crippen MR) is 62.3 cm³/mol. The van der Waals surface area contributed by atoms with Gasteiger partial charge in [0.05, 0.1) is 9.62 Å². The number of thioether (sulfide) groups is 1. The molecular formula is C11H21NOS. The van der Waals surface area contributed by atoms with Gasteiger partial charge >= 0.3 is 0 Å². The van der Waals surface area contributed by atoms with Crippen LogP contribution in [0.25, 0.3) is 0 Å². The van der Waals surface area contributed by atoms with Crippen molar-refractivity contribution in [1.29, 1.82) is 0 Å². The van der Waals surface area contributed by atoms with Crippen LogP contribution in [0, 0.1) is 5.92 Å². The minimum atomic E-state index is -0.182. The van der Waals surface area contributed by atoms with Crippen LogP contribution < -0.4 is 5.32 Å². The van der Waals surface area contributed by atoms with E-state index in [2.05, 4.69) is 39.9 Å². The van der Waals surface area contributed by atoms with Gasteiger partial charge in [-0.2, -0.15) is 0 Å². The van der Waals surface area contributed by atoms with Crippen molar-refractivity contribution in [2.24, 2.45) is 5.92 Å². The van der Waals surface area contributed by atoms with Crippen molar-refractivity contribution in [3.63, 3.8) is 0 Å². The van der Waals surface area contributed by atoms with E-state index in [1.807, 2.05) is 11.8 Å². The molecule has 1 rings (SSSR count). The fourth-order valence-electron chi connectivity index (χ4n) is 1.79. The Morgan fingerprint density at radius 2 is 1.86 bits per heavy atom. The second-order valence-corrected chi connectivity index (χ2v) is 6.35. The molecule has 0 aromatic rings. The van der Waals surface area contributed by atoms with Crippen LogP contribution in [0.4, 0.5) is 0 Å². The summed E-state index contributed by atoms with van der Waals surface area (Å²) in [7, 11) is 0. The molecule has 1 aliphatic rings. The van der Waals surface area contributed by atoms with Crippen molar-refractivity contribution in [3.05, 3.63) is 0 Å². The van der Waals surface area contributed by atoms with Crippen LogP contribution in [0.5, 0.6) is 0 Å². The summed E-state index contributed by atoms with van der Waals surface area (Å²) >= 11 is 1.82. The summed E-state index contributed by atoms with van der Waals surface area (Å²) in [6, 6.07) is 0. The van der Waals surface area contributed by atoms with Gasteiger partial charge < -0.3 is 5.32 Å². The van der Waals surface area contributed by atoms with Crippen LogP contribution in [0.1, 0.15) is 47.5 Å². The van der Waals surface area contributed by atoms with E-state index in [4.69, 9.17) is 0 Å². The zero-order chi connectivity index (χ0) is 11.0. The molecule has 0 saturated carbocycles. The fraction of sp³-hybridized carbons (Fsp3) is 0.909. The summed E-state index contributed by atoms with van der Waals surface area (Å²) in [6.45, 7) is 10.7. The van der Waals surface area contributed by atoms with Gasteiger partial charge in [0, 0.05) is 0 Å². The molecule has 1 aliphatic heterocycles. The Morgan fingerprint density at radius 3 is 2.07 bits per heavy atom. The maximum absolute atomic E-state index is 11.9. The molecule has 1 unspecified atom stereocenters. The summed E-state index contributed by atoms with van der Waals surface area (Å²) in [5.41, 5.74) is 0. The molecule has 82 valence electrons. The van der Waals surface area contributed by atoms with E-state index in [-0.39, 0.29) is 15.5 Å². The Labute approximate surface area is 91.2 Å². The van der Waals surface area contributed by atoms with Crippen LogP contribution in [-0.4, -0.2) is 15.5 Å². The Morgan fingerprint density at radius 1 is 1.36 bits per heavy atom. The van der Waals surface area contributed by atoms with E-state index in [0.29, 0.717) is 5.92 Å². The third-order valence-electron chi connectivity index (χ3n) is 3.43. The number of hydrogen-bond acceptors (Lipinski definition) is 2. The lowest BCUT2D eigenvalue weighted by Crippen LogP contribution is -2.42. The summed E-state index contributed by atoms with van der Waals surface area (Å²) in [6.07, 6.45) is 1.84. The fourth-order valence-corrected chi connectivity index (χ4v) is 3.42. The molecule has 14 heavy (non-hydrogen) atoms. The van der Waals surface area contributed by atoms with Gasteiger partial charge in [-0.05, 0) is 25.7 Å². The average molecular weight is 215 g/mol. The van der Waals surface area contributed by atoms with Crippen molar-refractivity contribution in [2.45, 2.75) is 57.1 Å². The predicted octanol–water partition coefficient (Wildman–Crippen LogP) is 2.78. The molecular weight excluding hydrogens is 194 g/mol. The van der Waals surface area contributed by atoms with Crippen molar-refractivity contribution in [1.82, 2.24) is 5.32 Å². The quantitative estimate of drug-likeness (QED) is 0.784. The van der Waals surface area contributed by atoms with Gasteiger partial charge in [-0.25, -0.2) is 0 Å². The molecule has 1 amide bonds. The van der Waals surface area contributed by atoms with E-state index in [1.54, 1.807) is 0 Å². The molecule has 1 saturated heterocycles. The molecule has 0 spiro atoms. The first kappa shape index (κ1) is 11.9. The molecule has 0 aromatic heterocycles. The highest BCUT2D eigenvalue weighted by Gasteiger charge is 2.51. The lowest BCUT2D eigenvalue weighted by Gasteiger charge is -2.30. The van der Waals surface area contributed by atoms with Crippen molar-refractivity contribution in [3.8, 4) is 0 Å². The van der Waals surface area contributed by atoms with Crippen LogP contribution in [-0.2, 0) is 4.79 Å². The number of amides is 1. The summed E-state index contributed by atoms with van der Waals surface area (Å²) in [4.78, 5) is 11.9. The highest BCUT2D eigenvalue weighted by atomic mass is 32.2. The van der Waals surface area contributed by atoms with Gasteiger partial charge in [-0.1, -0.05) is 27.7 Å². The Balaban J connectivity index is 2.92. The molecule has 1 atom stereocenters. The van der Waals surface area contributed by atoms with Crippen molar-refractivity contribution in [2.75, 3.05) is 0 Å². The minimum Gasteiger partial charge on any atom is -0.340 e. The lowest BCUT2D eigenvalue weighted by molar-refractivity contribution is -0.123. The molecule has 3 heteroatoms. The van der Waals surface area contributed by atoms with E-state index in [1.165, 1.54) is 0 Å². The highest BCUT2D eigenvalue weighted by Crippen LogP contribution is 2.48. The molecule has 2 nitrogen and oxygen atoms in total. The zero-order valence-corrected chi connectivity index (χ0v) is 10.6. The molecule has 0 bridgehead atoms. The minimum absolute atomic E-state index is 0.0803. The third-order valence-corrected chi connectivity index (χ3v) is 5.58. The largest absolute Gasteiger partial charge is 0.340 e. The first-order valence-corrected chi connectivity index (χ1v) is 6.24. The second kappa shape index (κ2) is 3.76. The Bertz CT molecular complexity index is 235. The van der Waals surface area contributed by atoms with Gasteiger partial charge in [0.15, 0.2) is 0 Å². The lowest BCUT2D eigenvalue weighted by atomic mass is 10.00. The van der Waals surface area contributed by atoms with E-state index in [0.717, 1.165) is 12.8 Å². The maximum Gasteiger partial charge on any atom is 0.237 e. The SMILES string of the molecule is CCC1(CC)SC(C)(C(C)C)NC1=O. The number of nitrogens with one attached hydrogen (secondary N) is 1. The van der Waals surface area contributed by atoms with Crippen molar-refractivity contribution >= 4 is 17.7 Å². The molecule has 0 aromatic carbocycles. The van der Waals surface area contributed by atoms with E-state index < -0.39 is 0 Å². The van der Waals surface area contributed by atoms with E-state index >= 15 is 0 Å². The maximum atomic E-state index is 11.9.